The van der Waals surface area contributed by atoms with Gasteiger partial charge in [-0.1, -0.05) is 18.2 Å². The summed E-state index contributed by atoms with van der Waals surface area (Å²) >= 11 is 0. The lowest BCUT2D eigenvalue weighted by molar-refractivity contribution is -0.153. The van der Waals surface area contributed by atoms with Crippen molar-refractivity contribution in [1.82, 2.24) is 15.2 Å². The highest BCUT2D eigenvalue weighted by Gasteiger charge is 2.44. The molecule has 1 saturated heterocycles. The number of nitrogens with zero attached hydrogens (tertiary/aromatic N) is 1. The maximum absolute atomic E-state index is 12.5. The number of carboxylic acid groups (broad SMARTS) is 1. The predicted molar refractivity (Wildman–Crippen MR) is 80.5 cm³/mol. The standard InChI is InChI=1S/C16H15N3O4/c20-14(21)6-11-16(23)19-7-12-9(5-13(19)15(22)18-11)8-3-1-2-4-10(8)17-12/h1-4,11,13,17H,5-7H2,(H,18,22)(H,20,21)/t11?,13-/m0/s1. The molecule has 7 heteroatoms. The lowest BCUT2D eigenvalue weighted by atomic mass is 9.92. The van der Waals surface area contributed by atoms with Gasteiger partial charge in [0, 0.05) is 23.0 Å². The van der Waals surface area contributed by atoms with Gasteiger partial charge >= 0.3 is 5.97 Å². The van der Waals surface area contributed by atoms with Crippen LogP contribution in [0.25, 0.3) is 10.9 Å². The molecule has 1 aromatic carbocycles. The third kappa shape index (κ3) is 2.08. The summed E-state index contributed by atoms with van der Waals surface area (Å²) in [4.78, 5) is 40.5. The summed E-state index contributed by atoms with van der Waals surface area (Å²) in [5, 5.41) is 12.5. The molecule has 2 aliphatic heterocycles. The second-order valence-corrected chi connectivity index (χ2v) is 5.97. The third-order valence-corrected chi connectivity index (χ3v) is 4.58. The number of amides is 2. The van der Waals surface area contributed by atoms with E-state index < -0.39 is 24.5 Å². The number of rotatable bonds is 2. The summed E-state index contributed by atoms with van der Waals surface area (Å²) in [6.45, 7) is 0.303. The SMILES string of the molecule is O=C(O)CC1NC(=O)[C@@H]2Cc3c([nH]c4ccccc34)CN2C1=O. The molecular weight excluding hydrogens is 298 g/mol. The second kappa shape index (κ2) is 4.84. The number of carbonyl (C=O) groups excluding carboxylic acids is 2. The average Bonchev–Trinajstić information content (AvgIpc) is 2.88. The van der Waals surface area contributed by atoms with Gasteiger partial charge in [0.15, 0.2) is 0 Å². The normalized spacial score (nSPS) is 23.4. The topological polar surface area (TPSA) is 102 Å². The molecule has 1 unspecified atom stereocenters. The number of nitrogens with one attached hydrogen (secondary N) is 2. The molecule has 1 aromatic heterocycles. The first kappa shape index (κ1) is 13.8. The van der Waals surface area contributed by atoms with Gasteiger partial charge in [-0.3, -0.25) is 14.4 Å². The average molecular weight is 313 g/mol. The number of piperazine rings is 1. The first-order valence-electron chi connectivity index (χ1n) is 7.45. The minimum absolute atomic E-state index is 0.285. The Kier molecular flexibility index (Phi) is 2.90. The van der Waals surface area contributed by atoms with Crippen LogP contribution in [0.5, 0.6) is 0 Å². The number of aliphatic carboxylic acids is 1. The largest absolute Gasteiger partial charge is 0.481 e. The van der Waals surface area contributed by atoms with Crippen LogP contribution in [0.15, 0.2) is 24.3 Å². The summed E-state index contributed by atoms with van der Waals surface area (Å²) in [6.07, 6.45) is 0.0457. The molecule has 0 aliphatic carbocycles. The molecular formula is C16H15N3O4. The number of aromatic nitrogens is 1. The molecule has 2 amide bonds. The lowest BCUT2D eigenvalue weighted by Crippen LogP contribution is -2.65. The zero-order valence-corrected chi connectivity index (χ0v) is 12.2. The molecule has 1 fully saturated rings. The van der Waals surface area contributed by atoms with Crippen LogP contribution < -0.4 is 5.32 Å². The molecule has 3 N–H and O–H groups in total. The van der Waals surface area contributed by atoms with Crippen molar-refractivity contribution in [2.24, 2.45) is 0 Å². The molecule has 2 atom stereocenters. The Morgan fingerprint density at radius 1 is 1.30 bits per heavy atom. The van der Waals surface area contributed by atoms with Gasteiger partial charge in [-0.15, -0.1) is 0 Å². The van der Waals surface area contributed by atoms with Gasteiger partial charge in [-0.2, -0.15) is 0 Å². The van der Waals surface area contributed by atoms with E-state index in [9.17, 15) is 14.4 Å². The number of fused-ring (bicyclic) bond motifs is 4. The van der Waals surface area contributed by atoms with Crippen LogP contribution >= 0.6 is 0 Å². The maximum Gasteiger partial charge on any atom is 0.305 e. The second-order valence-electron chi connectivity index (χ2n) is 5.97. The number of carbonyl (C=O) groups is 3. The number of benzene rings is 1. The van der Waals surface area contributed by atoms with Crippen LogP contribution in [0.2, 0.25) is 0 Å². The van der Waals surface area contributed by atoms with E-state index in [4.69, 9.17) is 5.11 Å². The first-order valence-corrected chi connectivity index (χ1v) is 7.45. The summed E-state index contributed by atoms with van der Waals surface area (Å²) < 4.78 is 0. The molecule has 0 saturated carbocycles. The Morgan fingerprint density at radius 3 is 2.87 bits per heavy atom. The quantitative estimate of drug-likeness (QED) is 0.746. The molecule has 7 nitrogen and oxygen atoms in total. The summed E-state index contributed by atoms with van der Waals surface area (Å²) in [5.41, 5.74) is 2.95. The van der Waals surface area contributed by atoms with Crippen molar-refractivity contribution < 1.29 is 19.5 Å². The van der Waals surface area contributed by atoms with Gasteiger partial charge in [0.2, 0.25) is 11.8 Å². The fourth-order valence-electron chi connectivity index (χ4n) is 3.52. The van der Waals surface area contributed by atoms with Crippen molar-refractivity contribution in [3.63, 3.8) is 0 Å². The number of aromatic amines is 1. The van der Waals surface area contributed by atoms with E-state index in [1.54, 1.807) is 0 Å². The summed E-state index contributed by atoms with van der Waals surface area (Å²) in [6, 6.07) is 6.27. The minimum Gasteiger partial charge on any atom is -0.481 e. The van der Waals surface area contributed by atoms with Gasteiger partial charge in [-0.25, -0.2) is 0 Å². The van der Waals surface area contributed by atoms with Crippen LogP contribution in [0.4, 0.5) is 0 Å². The Bertz CT molecular complexity index is 841. The van der Waals surface area contributed by atoms with Crippen LogP contribution in [-0.4, -0.2) is 44.9 Å². The van der Waals surface area contributed by atoms with E-state index in [1.807, 2.05) is 24.3 Å². The number of H-pyrrole nitrogens is 1. The van der Waals surface area contributed by atoms with E-state index in [-0.39, 0.29) is 11.8 Å². The van der Waals surface area contributed by atoms with Crippen LogP contribution in [0.1, 0.15) is 17.7 Å². The van der Waals surface area contributed by atoms with E-state index in [0.29, 0.717) is 13.0 Å². The Labute approximate surface area is 131 Å². The highest BCUT2D eigenvalue weighted by molar-refractivity contribution is 5.99. The number of hydrogen-bond donors (Lipinski definition) is 3. The van der Waals surface area contributed by atoms with E-state index in [1.165, 1.54) is 4.90 Å². The molecule has 0 spiro atoms. The van der Waals surface area contributed by atoms with Crippen LogP contribution in [0, 0.1) is 0 Å². The molecule has 118 valence electrons. The molecule has 2 aliphatic rings. The number of para-hydroxylation sites is 1. The van der Waals surface area contributed by atoms with Crippen molar-refractivity contribution in [2.45, 2.75) is 31.5 Å². The maximum atomic E-state index is 12.5. The Balaban J connectivity index is 1.72. The van der Waals surface area contributed by atoms with Crippen LogP contribution in [0.3, 0.4) is 0 Å². The van der Waals surface area contributed by atoms with Crippen molar-refractivity contribution >= 4 is 28.7 Å². The monoisotopic (exact) mass is 313 g/mol. The zero-order chi connectivity index (χ0) is 16.1. The first-order chi connectivity index (χ1) is 11.0. The smallest absolute Gasteiger partial charge is 0.305 e. The van der Waals surface area contributed by atoms with Gasteiger partial charge in [0.05, 0.1) is 13.0 Å². The zero-order valence-electron chi connectivity index (χ0n) is 12.2. The molecule has 3 heterocycles. The molecule has 2 aromatic rings. The molecule has 0 bridgehead atoms. The van der Waals surface area contributed by atoms with E-state index in [2.05, 4.69) is 10.3 Å². The van der Waals surface area contributed by atoms with Gasteiger partial charge in [0.25, 0.3) is 0 Å². The number of hydrogen-bond acceptors (Lipinski definition) is 3. The molecule has 0 radical (unpaired) electrons. The Morgan fingerprint density at radius 2 is 2.09 bits per heavy atom. The van der Waals surface area contributed by atoms with Crippen molar-refractivity contribution in [2.75, 3.05) is 0 Å². The predicted octanol–water partition coefficient (Wildman–Crippen LogP) is 0.394. The van der Waals surface area contributed by atoms with Gasteiger partial charge < -0.3 is 20.3 Å². The van der Waals surface area contributed by atoms with Crippen molar-refractivity contribution in [3.05, 3.63) is 35.5 Å². The molecule has 23 heavy (non-hydrogen) atoms. The lowest BCUT2D eigenvalue weighted by Gasteiger charge is -2.41. The fourth-order valence-corrected chi connectivity index (χ4v) is 3.52. The fraction of sp³-hybridized carbons (Fsp3) is 0.312. The van der Waals surface area contributed by atoms with E-state index in [0.717, 1.165) is 22.2 Å². The molecule has 4 rings (SSSR count). The van der Waals surface area contributed by atoms with Crippen LogP contribution in [-0.2, 0) is 27.3 Å². The van der Waals surface area contributed by atoms with Crippen molar-refractivity contribution in [3.8, 4) is 0 Å². The minimum atomic E-state index is -1.11. The van der Waals surface area contributed by atoms with Crippen molar-refractivity contribution in [1.29, 1.82) is 0 Å². The number of carboxylic acids is 1. The summed E-state index contributed by atoms with van der Waals surface area (Å²) in [5.74, 6) is -1.72. The van der Waals surface area contributed by atoms with Gasteiger partial charge in [-0.05, 0) is 11.6 Å². The highest BCUT2D eigenvalue weighted by Crippen LogP contribution is 2.32. The highest BCUT2D eigenvalue weighted by atomic mass is 16.4. The summed E-state index contributed by atoms with van der Waals surface area (Å²) in [7, 11) is 0. The third-order valence-electron chi connectivity index (χ3n) is 4.58. The Hall–Kier alpha value is -2.83. The van der Waals surface area contributed by atoms with E-state index >= 15 is 0 Å². The van der Waals surface area contributed by atoms with Gasteiger partial charge in [0.1, 0.15) is 12.1 Å².